The number of likely N-dealkylation sites (N-methyl/N-ethyl adjacent to an activating group) is 1. The molecule has 1 aliphatic heterocycles. The van der Waals surface area contributed by atoms with E-state index in [1.807, 2.05) is 13.1 Å². The second-order valence-electron chi connectivity index (χ2n) is 7.99. The number of ketones is 1. The number of benzene rings is 2. The molecule has 31 heavy (non-hydrogen) atoms. The molecule has 1 saturated heterocycles. The lowest BCUT2D eigenvalue weighted by Crippen LogP contribution is -2.45. The highest BCUT2D eigenvalue weighted by atomic mass is 32.2. The first-order valence-corrected chi connectivity index (χ1v) is 11.1. The standard InChI is InChI=1S/C23H25F4NO2S/c1-28-9-5-8-22(14-28,15-6-4-7-17(24)10-15)13-18(29)21-19(30-2)11-16(23(25,26)27)12-20(21)31-3/h4,6-7,10-12H,5,8-9,13-14H2,1-3H3. The smallest absolute Gasteiger partial charge is 0.416 e. The number of carbonyl (C=O) groups is 1. The van der Waals surface area contributed by atoms with E-state index in [-0.39, 0.29) is 34.2 Å². The van der Waals surface area contributed by atoms with Gasteiger partial charge in [0.1, 0.15) is 11.6 Å². The normalized spacial score (nSPS) is 20.0. The number of alkyl halides is 3. The Balaban J connectivity index is 2.06. The molecule has 1 aliphatic rings. The quantitative estimate of drug-likeness (QED) is 0.312. The number of halogens is 4. The number of hydrogen-bond acceptors (Lipinski definition) is 4. The minimum atomic E-state index is -4.55. The second-order valence-corrected chi connectivity index (χ2v) is 8.83. The Morgan fingerprint density at radius 1 is 1.26 bits per heavy atom. The van der Waals surface area contributed by atoms with Gasteiger partial charge in [-0.05, 0) is 62.5 Å². The molecule has 0 spiro atoms. The molecular weight excluding hydrogens is 430 g/mol. The van der Waals surface area contributed by atoms with Crippen LogP contribution in [0.15, 0.2) is 41.3 Å². The summed E-state index contributed by atoms with van der Waals surface area (Å²) in [6, 6.07) is 8.10. The highest BCUT2D eigenvalue weighted by molar-refractivity contribution is 7.98. The van der Waals surface area contributed by atoms with Crippen molar-refractivity contribution in [1.29, 1.82) is 0 Å². The number of likely N-dealkylation sites (tertiary alicyclic amines) is 1. The molecule has 0 amide bonds. The lowest BCUT2D eigenvalue weighted by atomic mass is 9.70. The van der Waals surface area contributed by atoms with Gasteiger partial charge in [-0.3, -0.25) is 4.79 Å². The van der Waals surface area contributed by atoms with Crippen LogP contribution in [0.3, 0.4) is 0 Å². The summed E-state index contributed by atoms with van der Waals surface area (Å²) in [5.74, 6) is -0.785. The molecule has 0 radical (unpaired) electrons. The van der Waals surface area contributed by atoms with Gasteiger partial charge in [0.2, 0.25) is 0 Å². The summed E-state index contributed by atoms with van der Waals surface area (Å²) in [5, 5.41) is 0. The Kier molecular flexibility index (Phi) is 7.01. The molecular formula is C23H25F4NO2S. The monoisotopic (exact) mass is 455 g/mol. The highest BCUT2D eigenvalue weighted by Gasteiger charge is 2.40. The van der Waals surface area contributed by atoms with Crippen LogP contribution in [-0.4, -0.2) is 44.2 Å². The van der Waals surface area contributed by atoms with Gasteiger partial charge < -0.3 is 9.64 Å². The maximum absolute atomic E-state index is 14.0. The summed E-state index contributed by atoms with van der Waals surface area (Å²) >= 11 is 1.07. The van der Waals surface area contributed by atoms with E-state index in [1.165, 1.54) is 19.2 Å². The number of carbonyl (C=O) groups excluding carboxylic acids is 1. The van der Waals surface area contributed by atoms with Crippen LogP contribution in [0.5, 0.6) is 5.75 Å². The van der Waals surface area contributed by atoms with E-state index in [1.54, 1.807) is 12.3 Å². The van der Waals surface area contributed by atoms with Gasteiger partial charge in [0.25, 0.3) is 0 Å². The summed E-state index contributed by atoms with van der Waals surface area (Å²) in [6.45, 7) is 1.42. The van der Waals surface area contributed by atoms with Gasteiger partial charge in [0, 0.05) is 23.3 Å². The van der Waals surface area contributed by atoms with E-state index in [0.29, 0.717) is 13.0 Å². The topological polar surface area (TPSA) is 29.5 Å². The second kappa shape index (κ2) is 9.20. The van der Waals surface area contributed by atoms with Crippen molar-refractivity contribution in [3.05, 3.63) is 58.9 Å². The van der Waals surface area contributed by atoms with Gasteiger partial charge in [0.05, 0.1) is 18.2 Å². The van der Waals surface area contributed by atoms with Gasteiger partial charge in [-0.2, -0.15) is 13.2 Å². The van der Waals surface area contributed by atoms with Gasteiger partial charge in [-0.1, -0.05) is 12.1 Å². The lowest BCUT2D eigenvalue weighted by molar-refractivity contribution is -0.137. The fourth-order valence-corrected chi connectivity index (χ4v) is 5.07. The minimum absolute atomic E-state index is 0.0517. The van der Waals surface area contributed by atoms with E-state index < -0.39 is 17.2 Å². The Morgan fingerprint density at radius 2 is 2.00 bits per heavy atom. The fourth-order valence-electron chi connectivity index (χ4n) is 4.41. The first-order chi connectivity index (χ1) is 14.6. The number of thioether (sulfide) groups is 1. The predicted molar refractivity (Wildman–Crippen MR) is 114 cm³/mol. The van der Waals surface area contributed by atoms with Gasteiger partial charge >= 0.3 is 6.18 Å². The summed E-state index contributed by atoms with van der Waals surface area (Å²) in [6.07, 6.45) is -1.35. The molecule has 2 aromatic carbocycles. The minimum Gasteiger partial charge on any atom is -0.496 e. The number of piperidine rings is 1. The summed E-state index contributed by atoms with van der Waals surface area (Å²) in [7, 11) is 3.21. The molecule has 3 rings (SSSR count). The Labute approximate surface area is 183 Å². The molecule has 1 heterocycles. The number of Topliss-reactive ketones (excluding diaryl/α,β-unsaturated/α-hetero) is 1. The van der Waals surface area contributed by atoms with Crippen molar-refractivity contribution in [2.45, 2.75) is 35.7 Å². The third-order valence-corrected chi connectivity index (χ3v) is 6.58. The summed E-state index contributed by atoms with van der Waals surface area (Å²) in [5.41, 5.74) is -0.617. The van der Waals surface area contributed by atoms with Crippen molar-refractivity contribution in [2.24, 2.45) is 0 Å². The zero-order valence-corrected chi connectivity index (χ0v) is 18.5. The van der Waals surface area contributed by atoms with Crippen LogP contribution in [-0.2, 0) is 11.6 Å². The molecule has 0 saturated carbocycles. The molecule has 0 aromatic heterocycles. The van der Waals surface area contributed by atoms with Crippen LogP contribution in [0.1, 0.15) is 40.7 Å². The number of ether oxygens (including phenoxy) is 1. The Morgan fingerprint density at radius 3 is 2.58 bits per heavy atom. The van der Waals surface area contributed by atoms with Crippen molar-refractivity contribution in [2.75, 3.05) is 33.5 Å². The average Bonchev–Trinajstić information content (AvgIpc) is 2.71. The molecule has 168 valence electrons. The van der Waals surface area contributed by atoms with Crippen molar-refractivity contribution in [1.82, 2.24) is 4.90 Å². The van der Waals surface area contributed by atoms with Crippen molar-refractivity contribution in [3.8, 4) is 5.75 Å². The van der Waals surface area contributed by atoms with E-state index in [4.69, 9.17) is 4.74 Å². The molecule has 1 fully saturated rings. The zero-order chi connectivity index (χ0) is 22.8. The molecule has 2 aromatic rings. The molecule has 0 N–H and O–H groups in total. The number of hydrogen-bond donors (Lipinski definition) is 0. The average molecular weight is 456 g/mol. The largest absolute Gasteiger partial charge is 0.496 e. The maximum atomic E-state index is 14.0. The maximum Gasteiger partial charge on any atom is 0.416 e. The number of nitrogens with zero attached hydrogens (tertiary/aromatic N) is 1. The van der Waals surface area contributed by atoms with Crippen molar-refractivity contribution < 1.29 is 27.1 Å². The summed E-state index contributed by atoms with van der Waals surface area (Å²) < 4.78 is 59.1. The number of rotatable bonds is 6. The number of methoxy groups -OCH3 is 1. The van der Waals surface area contributed by atoms with E-state index >= 15 is 0 Å². The summed E-state index contributed by atoms with van der Waals surface area (Å²) in [4.78, 5) is 15.8. The third-order valence-electron chi connectivity index (χ3n) is 5.82. The Hall–Kier alpha value is -2.06. The zero-order valence-electron chi connectivity index (χ0n) is 17.7. The lowest BCUT2D eigenvalue weighted by Gasteiger charge is -2.42. The first kappa shape index (κ1) is 23.6. The highest BCUT2D eigenvalue weighted by Crippen LogP contribution is 2.42. The van der Waals surface area contributed by atoms with Crippen LogP contribution >= 0.6 is 11.8 Å². The molecule has 1 atom stereocenters. The van der Waals surface area contributed by atoms with Crippen LogP contribution < -0.4 is 4.74 Å². The van der Waals surface area contributed by atoms with Gasteiger partial charge in [-0.15, -0.1) is 11.8 Å². The molecule has 0 bridgehead atoms. The SMILES string of the molecule is COc1cc(C(F)(F)F)cc(SC)c1C(=O)CC1(c2cccc(F)c2)CCCN(C)C1. The van der Waals surface area contributed by atoms with Crippen LogP contribution in [0.25, 0.3) is 0 Å². The van der Waals surface area contributed by atoms with Gasteiger partial charge in [0.15, 0.2) is 5.78 Å². The molecule has 1 unspecified atom stereocenters. The Bertz CT molecular complexity index is 938. The molecule has 0 aliphatic carbocycles. The molecule has 3 nitrogen and oxygen atoms in total. The first-order valence-electron chi connectivity index (χ1n) is 9.90. The van der Waals surface area contributed by atoms with E-state index in [0.717, 1.165) is 42.4 Å². The molecule has 8 heteroatoms. The predicted octanol–water partition coefficient (Wildman–Crippen LogP) is 5.81. The van der Waals surface area contributed by atoms with Crippen molar-refractivity contribution in [3.63, 3.8) is 0 Å². The fraction of sp³-hybridized carbons (Fsp3) is 0.435. The van der Waals surface area contributed by atoms with E-state index in [9.17, 15) is 22.4 Å². The van der Waals surface area contributed by atoms with Crippen LogP contribution in [0.2, 0.25) is 0 Å². The van der Waals surface area contributed by atoms with Gasteiger partial charge in [-0.25, -0.2) is 4.39 Å². The van der Waals surface area contributed by atoms with Crippen LogP contribution in [0, 0.1) is 5.82 Å². The third kappa shape index (κ3) is 5.06. The van der Waals surface area contributed by atoms with Crippen LogP contribution in [0.4, 0.5) is 17.6 Å². The van der Waals surface area contributed by atoms with E-state index in [2.05, 4.69) is 4.90 Å². The van der Waals surface area contributed by atoms with Crippen molar-refractivity contribution >= 4 is 17.5 Å².